The molecular weight excluding hydrogens is 407 g/mol. The monoisotopic (exact) mass is 427 g/mol. The molecule has 10 heteroatoms. The molecule has 0 aliphatic carbocycles. The maximum absolute atomic E-state index is 14.7. The van der Waals surface area contributed by atoms with Gasteiger partial charge in [0.15, 0.2) is 5.82 Å². The SMILES string of the molecule is Cc1nc(NCC(C)(C)C#N)nn2ccc(-c3cc(F)c4ncn(CC(F)F)c4c3)c12. The number of aromatic nitrogens is 5. The first-order valence-corrected chi connectivity index (χ1v) is 9.62. The zero-order valence-electron chi connectivity index (χ0n) is 17.2. The summed E-state index contributed by atoms with van der Waals surface area (Å²) in [6.07, 6.45) is 0.363. The maximum Gasteiger partial charge on any atom is 0.256 e. The lowest BCUT2D eigenvalue weighted by Crippen LogP contribution is -2.22. The standard InChI is InChI=1S/C21H20F3N7/c1-12-19-14(4-5-31(19)29-20(28-12)26-10-21(2,3)9-25)13-6-15(22)18-16(7-13)30(11-27-18)8-17(23)24/h4-7,11,17H,8,10H2,1-3H3,(H,26,29). The first-order valence-electron chi connectivity index (χ1n) is 9.62. The lowest BCUT2D eigenvalue weighted by molar-refractivity contribution is 0.128. The van der Waals surface area contributed by atoms with Gasteiger partial charge in [0.25, 0.3) is 6.43 Å². The Labute approximate surface area is 176 Å². The molecule has 160 valence electrons. The molecule has 0 bridgehead atoms. The maximum atomic E-state index is 14.7. The molecule has 31 heavy (non-hydrogen) atoms. The van der Waals surface area contributed by atoms with Gasteiger partial charge in [0.05, 0.1) is 41.1 Å². The van der Waals surface area contributed by atoms with Gasteiger partial charge in [0.1, 0.15) is 5.52 Å². The molecule has 0 amide bonds. The van der Waals surface area contributed by atoms with Gasteiger partial charge >= 0.3 is 0 Å². The van der Waals surface area contributed by atoms with Crippen molar-refractivity contribution in [1.29, 1.82) is 5.26 Å². The molecule has 3 aromatic heterocycles. The van der Waals surface area contributed by atoms with Crippen LogP contribution in [0.3, 0.4) is 0 Å². The third kappa shape index (κ3) is 3.91. The molecule has 7 nitrogen and oxygen atoms in total. The summed E-state index contributed by atoms with van der Waals surface area (Å²) in [5.74, 6) is -0.220. The van der Waals surface area contributed by atoms with Gasteiger partial charge < -0.3 is 9.88 Å². The van der Waals surface area contributed by atoms with Crippen molar-refractivity contribution in [1.82, 2.24) is 24.1 Å². The molecule has 0 atom stereocenters. The predicted octanol–water partition coefficient (Wildman–Crippen LogP) is 4.42. The van der Waals surface area contributed by atoms with E-state index in [-0.39, 0.29) is 5.52 Å². The summed E-state index contributed by atoms with van der Waals surface area (Å²) in [6, 6.07) is 6.96. The molecule has 0 saturated carbocycles. The quantitative estimate of drug-likeness (QED) is 0.492. The largest absolute Gasteiger partial charge is 0.351 e. The molecule has 0 spiro atoms. The number of hydrogen-bond donors (Lipinski definition) is 1. The fourth-order valence-electron chi connectivity index (χ4n) is 3.42. The summed E-state index contributed by atoms with van der Waals surface area (Å²) in [5.41, 5.74) is 2.27. The van der Waals surface area contributed by atoms with E-state index >= 15 is 0 Å². The van der Waals surface area contributed by atoms with Crippen LogP contribution in [0.1, 0.15) is 19.5 Å². The second-order valence-corrected chi connectivity index (χ2v) is 8.01. The van der Waals surface area contributed by atoms with Gasteiger partial charge in [-0.15, -0.1) is 5.10 Å². The molecule has 4 aromatic rings. The van der Waals surface area contributed by atoms with E-state index in [1.54, 1.807) is 29.8 Å². The smallest absolute Gasteiger partial charge is 0.256 e. The van der Waals surface area contributed by atoms with Crippen LogP contribution in [0, 0.1) is 29.5 Å². The normalized spacial score (nSPS) is 12.1. The number of fused-ring (bicyclic) bond motifs is 2. The van der Waals surface area contributed by atoms with E-state index in [1.807, 2.05) is 13.8 Å². The molecule has 0 aliphatic heterocycles. The van der Waals surface area contributed by atoms with E-state index in [0.717, 1.165) is 0 Å². The third-order valence-corrected chi connectivity index (χ3v) is 5.00. The van der Waals surface area contributed by atoms with Gasteiger partial charge in [-0.25, -0.2) is 27.7 Å². The number of rotatable bonds is 6. The summed E-state index contributed by atoms with van der Waals surface area (Å²) in [6.45, 7) is 5.23. The fourth-order valence-corrected chi connectivity index (χ4v) is 3.42. The summed E-state index contributed by atoms with van der Waals surface area (Å²) >= 11 is 0. The van der Waals surface area contributed by atoms with Crippen LogP contribution in [0.15, 0.2) is 30.7 Å². The highest BCUT2D eigenvalue weighted by atomic mass is 19.3. The molecule has 1 aromatic carbocycles. The minimum absolute atomic E-state index is 0.0486. The first kappa shape index (κ1) is 20.7. The Morgan fingerprint density at radius 2 is 2.06 bits per heavy atom. The van der Waals surface area contributed by atoms with Gasteiger partial charge in [-0.3, -0.25) is 0 Å². The number of benzene rings is 1. The van der Waals surface area contributed by atoms with E-state index in [2.05, 4.69) is 26.5 Å². The average Bonchev–Trinajstić information content (AvgIpc) is 3.31. The number of hydrogen-bond acceptors (Lipinski definition) is 5. The lowest BCUT2D eigenvalue weighted by Gasteiger charge is -2.16. The molecular formula is C21H20F3N7. The first-order chi connectivity index (χ1) is 14.7. The lowest BCUT2D eigenvalue weighted by atomic mass is 9.96. The van der Waals surface area contributed by atoms with Crippen LogP contribution in [0.4, 0.5) is 19.1 Å². The molecule has 0 aliphatic rings. The van der Waals surface area contributed by atoms with E-state index in [4.69, 9.17) is 5.26 Å². The molecule has 0 radical (unpaired) electrons. The molecule has 0 unspecified atom stereocenters. The molecule has 4 rings (SSSR count). The zero-order valence-corrected chi connectivity index (χ0v) is 17.2. The number of nitrogens with zero attached hydrogens (tertiary/aromatic N) is 6. The second kappa shape index (κ2) is 7.58. The number of alkyl halides is 2. The Balaban J connectivity index is 1.76. The number of imidazole rings is 1. The van der Waals surface area contributed by atoms with Crippen LogP contribution in [-0.2, 0) is 6.54 Å². The van der Waals surface area contributed by atoms with Crippen molar-refractivity contribution >= 4 is 22.5 Å². The molecule has 3 heterocycles. The van der Waals surface area contributed by atoms with Crippen LogP contribution >= 0.6 is 0 Å². The predicted molar refractivity (Wildman–Crippen MR) is 110 cm³/mol. The minimum Gasteiger partial charge on any atom is -0.351 e. The summed E-state index contributed by atoms with van der Waals surface area (Å²) in [4.78, 5) is 8.39. The van der Waals surface area contributed by atoms with Crippen molar-refractivity contribution in [3.63, 3.8) is 0 Å². The summed E-state index contributed by atoms with van der Waals surface area (Å²) in [5, 5.41) is 16.7. The summed E-state index contributed by atoms with van der Waals surface area (Å²) < 4.78 is 43.3. The average molecular weight is 427 g/mol. The van der Waals surface area contributed by atoms with Gasteiger partial charge in [-0.2, -0.15) is 5.26 Å². The highest BCUT2D eigenvalue weighted by Crippen LogP contribution is 2.31. The van der Waals surface area contributed by atoms with Crippen LogP contribution in [-0.4, -0.2) is 37.1 Å². The van der Waals surface area contributed by atoms with Crippen LogP contribution < -0.4 is 5.32 Å². The highest BCUT2D eigenvalue weighted by molar-refractivity contribution is 5.89. The second-order valence-electron chi connectivity index (χ2n) is 8.01. The highest BCUT2D eigenvalue weighted by Gasteiger charge is 2.19. The Morgan fingerprint density at radius 3 is 2.77 bits per heavy atom. The minimum atomic E-state index is -2.58. The van der Waals surface area contributed by atoms with Crippen LogP contribution in [0.2, 0.25) is 0 Å². The van der Waals surface area contributed by atoms with Crippen molar-refractivity contribution in [3.8, 4) is 17.2 Å². The number of anilines is 1. The number of aryl methyl sites for hydroxylation is 1. The topological polar surface area (TPSA) is 83.8 Å². The van der Waals surface area contributed by atoms with E-state index in [9.17, 15) is 13.2 Å². The Bertz CT molecular complexity index is 1310. The van der Waals surface area contributed by atoms with Crippen LogP contribution in [0.5, 0.6) is 0 Å². The zero-order chi connectivity index (χ0) is 22.3. The molecule has 0 fully saturated rings. The Morgan fingerprint density at radius 1 is 1.29 bits per heavy atom. The number of nitrogens with one attached hydrogen (secondary N) is 1. The Kier molecular flexibility index (Phi) is 5.05. The Hall–Kier alpha value is -3.61. The van der Waals surface area contributed by atoms with E-state index < -0.39 is 24.2 Å². The summed E-state index contributed by atoms with van der Waals surface area (Å²) in [7, 11) is 0. The van der Waals surface area contributed by atoms with Gasteiger partial charge in [-0.05, 0) is 44.5 Å². The van der Waals surface area contributed by atoms with Crippen molar-refractivity contribution in [2.75, 3.05) is 11.9 Å². The van der Waals surface area contributed by atoms with Gasteiger partial charge in [0.2, 0.25) is 5.95 Å². The van der Waals surface area contributed by atoms with Gasteiger partial charge in [0, 0.05) is 18.3 Å². The number of halogens is 3. The van der Waals surface area contributed by atoms with Gasteiger partial charge in [-0.1, -0.05) is 0 Å². The molecule has 1 N–H and O–H groups in total. The van der Waals surface area contributed by atoms with Crippen molar-refractivity contribution in [2.24, 2.45) is 5.41 Å². The number of nitriles is 1. The van der Waals surface area contributed by atoms with Crippen LogP contribution in [0.25, 0.3) is 27.7 Å². The van der Waals surface area contributed by atoms with Crippen molar-refractivity contribution in [3.05, 3.63) is 42.2 Å². The molecule has 0 saturated heterocycles. The van der Waals surface area contributed by atoms with E-state index in [0.29, 0.717) is 40.3 Å². The van der Waals surface area contributed by atoms with E-state index in [1.165, 1.54) is 17.0 Å². The fraction of sp³-hybridized carbons (Fsp3) is 0.333. The van der Waals surface area contributed by atoms with Crippen molar-refractivity contribution < 1.29 is 13.2 Å². The van der Waals surface area contributed by atoms with Crippen molar-refractivity contribution in [2.45, 2.75) is 33.7 Å². The third-order valence-electron chi connectivity index (χ3n) is 5.00.